The van der Waals surface area contributed by atoms with Crippen LogP contribution in [-0.2, 0) is 11.3 Å². The van der Waals surface area contributed by atoms with Crippen LogP contribution < -0.4 is 16.0 Å². The van der Waals surface area contributed by atoms with Crippen molar-refractivity contribution in [2.45, 2.75) is 39.8 Å². The zero-order valence-corrected chi connectivity index (χ0v) is 15.6. The molecule has 2 aromatic carbocycles. The highest BCUT2D eigenvalue weighted by Crippen LogP contribution is 2.21. The monoisotopic (exact) mass is 353 g/mol. The van der Waals surface area contributed by atoms with Crippen molar-refractivity contribution < 1.29 is 9.59 Å². The Morgan fingerprint density at radius 3 is 2.38 bits per heavy atom. The molecule has 1 atom stereocenters. The quantitative estimate of drug-likeness (QED) is 0.697. The molecule has 0 spiro atoms. The van der Waals surface area contributed by atoms with Gasteiger partial charge < -0.3 is 16.0 Å². The van der Waals surface area contributed by atoms with Crippen LogP contribution in [-0.4, -0.2) is 11.9 Å². The van der Waals surface area contributed by atoms with Gasteiger partial charge in [0.2, 0.25) is 5.91 Å². The number of hydrogen-bond acceptors (Lipinski definition) is 2. The number of urea groups is 1. The number of amides is 3. The standard InChI is InChI=1S/C21H27N3O2/c1-15(2)12-20(18-9-5-4-6-10-18)24-21(26)22-14-17-8-7-11-19(13-17)23-16(3)25/h4-11,13,15,20H,12,14H2,1-3H3,(H,23,25)(H2,22,24,26). The Labute approximate surface area is 155 Å². The summed E-state index contributed by atoms with van der Waals surface area (Å²) in [5, 5.41) is 8.69. The minimum Gasteiger partial charge on any atom is -0.334 e. The lowest BCUT2D eigenvalue weighted by atomic mass is 9.97. The molecule has 138 valence electrons. The third kappa shape index (κ3) is 6.59. The molecule has 5 heteroatoms. The first kappa shape index (κ1) is 19.5. The lowest BCUT2D eigenvalue weighted by molar-refractivity contribution is -0.114. The molecular formula is C21H27N3O2. The Hall–Kier alpha value is -2.82. The van der Waals surface area contributed by atoms with Gasteiger partial charge in [0.05, 0.1) is 6.04 Å². The van der Waals surface area contributed by atoms with Crippen molar-refractivity contribution in [3.8, 4) is 0 Å². The number of carbonyl (C=O) groups is 2. The van der Waals surface area contributed by atoms with Gasteiger partial charge in [-0.1, -0.05) is 56.3 Å². The summed E-state index contributed by atoms with van der Waals surface area (Å²) in [6.45, 7) is 6.14. The SMILES string of the molecule is CC(=O)Nc1cccc(CNC(=O)NC(CC(C)C)c2ccccc2)c1. The Morgan fingerprint density at radius 1 is 1.00 bits per heavy atom. The van der Waals surface area contributed by atoms with Gasteiger partial charge in [-0.2, -0.15) is 0 Å². The van der Waals surface area contributed by atoms with Gasteiger partial charge in [-0.05, 0) is 35.6 Å². The molecule has 1 unspecified atom stereocenters. The van der Waals surface area contributed by atoms with Crippen LogP contribution in [0.2, 0.25) is 0 Å². The predicted octanol–water partition coefficient (Wildman–Crippen LogP) is 4.23. The summed E-state index contributed by atoms with van der Waals surface area (Å²) >= 11 is 0. The van der Waals surface area contributed by atoms with Gasteiger partial charge in [0.15, 0.2) is 0 Å². The summed E-state index contributed by atoms with van der Waals surface area (Å²) in [5.41, 5.74) is 2.75. The maximum absolute atomic E-state index is 12.4. The highest BCUT2D eigenvalue weighted by Gasteiger charge is 2.15. The molecule has 0 aliphatic heterocycles. The minimum absolute atomic E-state index is 0.0260. The second-order valence-corrected chi connectivity index (χ2v) is 6.80. The van der Waals surface area contributed by atoms with Crippen LogP contribution in [0.3, 0.4) is 0 Å². The molecule has 0 saturated carbocycles. The third-order valence-electron chi connectivity index (χ3n) is 3.91. The van der Waals surface area contributed by atoms with E-state index in [4.69, 9.17) is 0 Å². The number of rotatable bonds is 7. The van der Waals surface area contributed by atoms with Gasteiger partial charge in [-0.15, -0.1) is 0 Å². The largest absolute Gasteiger partial charge is 0.334 e. The van der Waals surface area contributed by atoms with Crippen LogP contribution in [0.4, 0.5) is 10.5 Å². The molecular weight excluding hydrogens is 326 g/mol. The van der Waals surface area contributed by atoms with E-state index in [1.165, 1.54) is 6.92 Å². The van der Waals surface area contributed by atoms with E-state index in [1.807, 2.05) is 54.6 Å². The molecule has 26 heavy (non-hydrogen) atoms. The van der Waals surface area contributed by atoms with Crippen molar-refractivity contribution in [3.05, 3.63) is 65.7 Å². The first-order valence-corrected chi connectivity index (χ1v) is 8.90. The Morgan fingerprint density at radius 2 is 1.73 bits per heavy atom. The second kappa shape index (κ2) is 9.61. The van der Waals surface area contributed by atoms with Gasteiger partial charge in [-0.3, -0.25) is 4.79 Å². The van der Waals surface area contributed by atoms with Gasteiger partial charge in [0, 0.05) is 19.2 Å². The van der Waals surface area contributed by atoms with Gasteiger partial charge in [0.25, 0.3) is 0 Å². The summed E-state index contributed by atoms with van der Waals surface area (Å²) in [6.07, 6.45) is 0.870. The molecule has 3 N–H and O–H groups in total. The average Bonchev–Trinajstić information content (AvgIpc) is 2.59. The van der Waals surface area contributed by atoms with E-state index in [0.29, 0.717) is 12.5 Å². The molecule has 2 rings (SSSR count). The molecule has 5 nitrogen and oxygen atoms in total. The van der Waals surface area contributed by atoms with Crippen molar-refractivity contribution in [3.63, 3.8) is 0 Å². The lowest BCUT2D eigenvalue weighted by Crippen LogP contribution is -2.38. The highest BCUT2D eigenvalue weighted by atomic mass is 16.2. The van der Waals surface area contributed by atoms with Gasteiger partial charge in [0.1, 0.15) is 0 Å². The molecule has 2 aromatic rings. The van der Waals surface area contributed by atoms with Crippen LogP contribution in [0.1, 0.15) is 44.4 Å². The van der Waals surface area contributed by atoms with E-state index in [2.05, 4.69) is 29.8 Å². The second-order valence-electron chi connectivity index (χ2n) is 6.80. The fourth-order valence-corrected chi connectivity index (χ4v) is 2.79. The maximum atomic E-state index is 12.4. The molecule has 0 aliphatic carbocycles. The van der Waals surface area contributed by atoms with Crippen LogP contribution in [0.5, 0.6) is 0 Å². The minimum atomic E-state index is -0.204. The van der Waals surface area contributed by atoms with Crippen molar-refractivity contribution in [1.29, 1.82) is 0 Å². The first-order chi connectivity index (χ1) is 12.4. The van der Waals surface area contributed by atoms with E-state index in [0.717, 1.165) is 23.2 Å². The van der Waals surface area contributed by atoms with E-state index in [9.17, 15) is 9.59 Å². The van der Waals surface area contributed by atoms with E-state index >= 15 is 0 Å². The maximum Gasteiger partial charge on any atom is 0.315 e. The molecule has 0 heterocycles. The zero-order valence-electron chi connectivity index (χ0n) is 15.6. The summed E-state index contributed by atoms with van der Waals surface area (Å²) in [5.74, 6) is 0.349. The van der Waals surface area contributed by atoms with Crippen molar-refractivity contribution in [2.75, 3.05) is 5.32 Å². The van der Waals surface area contributed by atoms with Crippen molar-refractivity contribution in [2.24, 2.45) is 5.92 Å². The summed E-state index contributed by atoms with van der Waals surface area (Å²) < 4.78 is 0. The number of benzene rings is 2. The number of nitrogens with one attached hydrogen (secondary N) is 3. The fourth-order valence-electron chi connectivity index (χ4n) is 2.79. The van der Waals surface area contributed by atoms with Crippen LogP contribution >= 0.6 is 0 Å². The molecule has 0 radical (unpaired) electrons. The molecule has 0 bridgehead atoms. The lowest BCUT2D eigenvalue weighted by Gasteiger charge is -2.21. The fraction of sp³-hybridized carbons (Fsp3) is 0.333. The molecule has 0 saturated heterocycles. The number of carbonyl (C=O) groups excluding carboxylic acids is 2. The average molecular weight is 353 g/mol. The molecule has 0 aromatic heterocycles. The zero-order chi connectivity index (χ0) is 18.9. The van der Waals surface area contributed by atoms with E-state index in [1.54, 1.807) is 0 Å². The molecule has 3 amide bonds. The van der Waals surface area contributed by atoms with Crippen LogP contribution in [0.15, 0.2) is 54.6 Å². The summed E-state index contributed by atoms with van der Waals surface area (Å²) in [6, 6.07) is 17.2. The smallest absolute Gasteiger partial charge is 0.315 e. The first-order valence-electron chi connectivity index (χ1n) is 8.90. The summed E-state index contributed by atoms with van der Waals surface area (Å²) in [4.78, 5) is 23.5. The molecule has 0 aliphatic rings. The highest BCUT2D eigenvalue weighted by molar-refractivity contribution is 5.88. The van der Waals surface area contributed by atoms with Crippen LogP contribution in [0.25, 0.3) is 0 Å². The predicted molar refractivity (Wildman–Crippen MR) is 105 cm³/mol. The normalized spacial score (nSPS) is 11.7. The third-order valence-corrected chi connectivity index (χ3v) is 3.91. The van der Waals surface area contributed by atoms with Crippen molar-refractivity contribution in [1.82, 2.24) is 10.6 Å². The van der Waals surface area contributed by atoms with E-state index < -0.39 is 0 Å². The Balaban J connectivity index is 1.95. The topological polar surface area (TPSA) is 70.2 Å². The number of anilines is 1. The molecule has 0 fully saturated rings. The number of hydrogen-bond donors (Lipinski definition) is 3. The Kier molecular flexibility index (Phi) is 7.21. The Bertz CT molecular complexity index is 729. The van der Waals surface area contributed by atoms with Crippen molar-refractivity contribution >= 4 is 17.6 Å². The van der Waals surface area contributed by atoms with Crippen LogP contribution in [0, 0.1) is 5.92 Å². The summed E-state index contributed by atoms with van der Waals surface area (Å²) in [7, 11) is 0. The van der Waals surface area contributed by atoms with E-state index in [-0.39, 0.29) is 18.0 Å². The van der Waals surface area contributed by atoms with Gasteiger partial charge >= 0.3 is 6.03 Å². The van der Waals surface area contributed by atoms with Gasteiger partial charge in [-0.25, -0.2) is 4.79 Å².